The fourth-order valence-electron chi connectivity index (χ4n) is 3.00. The molecular weight excluding hydrogens is 208 g/mol. The standard InChI is InChI=1S/C15H22Si/c1-16(2,3)14-6-4-5-13(11-14)15(9-10-15)12-7-8-12/h4-6,11-12H,7-10H2,1-3H3. The van der Waals surface area contributed by atoms with E-state index in [0.717, 1.165) is 5.92 Å². The molecule has 0 spiro atoms. The monoisotopic (exact) mass is 230 g/mol. The summed E-state index contributed by atoms with van der Waals surface area (Å²) in [4.78, 5) is 0. The third kappa shape index (κ3) is 1.66. The lowest BCUT2D eigenvalue weighted by atomic mass is 9.91. The Kier molecular flexibility index (Phi) is 2.13. The first-order chi connectivity index (χ1) is 7.52. The van der Waals surface area contributed by atoms with Crippen LogP contribution in [0.2, 0.25) is 19.6 Å². The molecule has 0 aliphatic heterocycles. The summed E-state index contributed by atoms with van der Waals surface area (Å²) >= 11 is 0. The zero-order valence-corrected chi connectivity index (χ0v) is 11.7. The molecule has 0 atom stereocenters. The average molecular weight is 230 g/mol. The molecule has 0 heterocycles. The van der Waals surface area contributed by atoms with Gasteiger partial charge in [-0.15, -0.1) is 0 Å². The van der Waals surface area contributed by atoms with E-state index in [0.29, 0.717) is 5.41 Å². The van der Waals surface area contributed by atoms with E-state index in [4.69, 9.17) is 0 Å². The van der Waals surface area contributed by atoms with Crippen molar-refractivity contribution in [2.24, 2.45) is 5.92 Å². The van der Waals surface area contributed by atoms with Crippen molar-refractivity contribution in [1.82, 2.24) is 0 Å². The minimum Gasteiger partial charge on any atom is -0.0656 e. The first-order valence-electron chi connectivity index (χ1n) is 6.63. The summed E-state index contributed by atoms with van der Waals surface area (Å²) in [5, 5.41) is 1.64. The lowest BCUT2D eigenvalue weighted by molar-refractivity contribution is 0.597. The number of rotatable bonds is 3. The van der Waals surface area contributed by atoms with Crippen molar-refractivity contribution in [2.75, 3.05) is 0 Å². The normalized spacial score (nSPS) is 23.2. The van der Waals surface area contributed by atoms with E-state index < -0.39 is 8.07 Å². The molecule has 0 aromatic heterocycles. The van der Waals surface area contributed by atoms with E-state index in [9.17, 15) is 0 Å². The van der Waals surface area contributed by atoms with E-state index in [-0.39, 0.29) is 0 Å². The molecule has 0 amide bonds. The Morgan fingerprint density at radius 3 is 2.31 bits per heavy atom. The molecule has 0 N–H and O–H groups in total. The summed E-state index contributed by atoms with van der Waals surface area (Å²) in [6.45, 7) is 7.34. The largest absolute Gasteiger partial charge is 0.0776 e. The lowest BCUT2D eigenvalue weighted by Gasteiger charge is -2.21. The van der Waals surface area contributed by atoms with Gasteiger partial charge in [0.05, 0.1) is 8.07 Å². The zero-order valence-electron chi connectivity index (χ0n) is 10.7. The highest BCUT2D eigenvalue weighted by Crippen LogP contribution is 2.62. The van der Waals surface area contributed by atoms with Crippen LogP contribution in [0.3, 0.4) is 0 Å². The van der Waals surface area contributed by atoms with Crippen LogP contribution in [-0.4, -0.2) is 8.07 Å². The minimum absolute atomic E-state index is 0.635. The van der Waals surface area contributed by atoms with Gasteiger partial charge in [-0.1, -0.05) is 49.1 Å². The van der Waals surface area contributed by atoms with E-state index in [1.54, 1.807) is 10.8 Å². The number of hydrogen-bond donors (Lipinski definition) is 0. The summed E-state index contributed by atoms with van der Waals surface area (Å²) in [5.74, 6) is 1.03. The fraction of sp³-hybridized carbons (Fsp3) is 0.600. The van der Waals surface area contributed by atoms with Crippen molar-refractivity contribution in [1.29, 1.82) is 0 Å². The van der Waals surface area contributed by atoms with Crippen LogP contribution in [0.15, 0.2) is 24.3 Å². The average Bonchev–Trinajstić information content (AvgIpc) is 3.08. The predicted octanol–water partition coefficient (Wildman–Crippen LogP) is 3.67. The molecule has 0 nitrogen and oxygen atoms in total. The molecule has 2 fully saturated rings. The van der Waals surface area contributed by atoms with Crippen molar-refractivity contribution in [3.63, 3.8) is 0 Å². The van der Waals surface area contributed by atoms with Gasteiger partial charge in [0.2, 0.25) is 0 Å². The van der Waals surface area contributed by atoms with Crippen molar-refractivity contribution in [3.05, 3.63) is 29.8 Å². The molecule has 0 bridgehead atoms. The van der Waals surface area contributed by atoms with E-state index in [2.05, 4.69) is 43.9 Å². The maximum absolute atomic E-state index is 2.54. The Morgan fingerprint density at radius 2 is 1.81 bits per heavy atom. The molecule has 16 heavy (non-hydrogen) atoms. The van der Waals surface area contributed by atoms with Gasteiger partial charge in [-0.2, -0.15) is 0 Å². The second kappa shape index (κ2) is 3.22. The predicted molar refractivity (Wildman–Crippen MR) is 73.1 cm³/mol. The molecule has 2 saturated carbocycles. The highest BCUT2D eigenvalue weighted by Gasteiger charge is 2.54. The first-order valence-corrected chi connectivity index (χ1v) is 10.1. The van der Waals surface area contributed by atoms with Crippen LogP contribution in [0, 0.1) is 5.92 Å². The molecule has 1 heteroatoms. The summed E-state index contributed by atoms with van der Waals surface area (Å²) in [7, 11) is -1.13. The van der Waals surface area contributed by atoms with Crippen LogP contribution in [-0.2, 0) is 5.41 Å². The maximum Gasteiger partial charge on any atom is 0.0776 e. The van der Waals surface area contributed by atoms with Gasteiger partial charge < -0.3 is 0 Å². The lowest BCUT2D eigenvalue weighted by Crippen LogP contribution is -2.38. The molecular formula is C15H22Si. The highest BCUT2D eigenvalue weighted by molar-refractivity contribution is 6.88. The number of hydrogen-bond acceptors (Lipinski definition) is 0. The Hall–Kier alpha value is -0.563. The maximum atomic E-state index is 2.54. The second-order valence-corrected chi connectivity index (χ2v) is 11.8. The second-order valence-electron chi connectivity index (χ2n) is 6.76. The third-order valence-electron chi connectivity index (χ3n) is 4.45. The van der Waals surface area contributed by atoms with Crippen molar-refractivity contribution in [2.45, 2.75) is 50.7 Å². The van der Waals surface area contributed by atoms with Crippen LogP contribution >= 0.6 is 0 Å². The third-order valence-corrected chi connectivity index (χ3v) is 6.49. The van der Waals surface area contributed by atoms with E-state index in [1.807, 2.05) is 0 Å². The van der Waals surface area contributed by atoms with Gasteiger partial charge in [0.15, 0.2) is 0 Å². The number of benzene rings is 1. The molecule has 0 unspecified atom stereocenters. The zero-order chi connectivity index (χ0) is 11.4. The van der Waals surface area contributed by atoms with E-state index in [1.165, 1.54) is 25.7 Å². The van der Waals surface area contributed by atoms with Crippen LogP contribution in [0.1, 0.15) is 31.2 Å². The fourth-order valence-corrected chi connectivity index (χ4v) is 4.18. The van der Waals surface area contributed by atoms with Gasteiger partial charge in [0.25, 0.3) is 0 Å². The summed E-state index contributed by atoms with van der Waals surface area (Å²) < 4.78 is 0. The van der Waals surface area contributed by atoms with Gasteiger partial charge in [-0.05, 0) is 42.6 Å². The SMILES string of the molecule is C[Si](C)(C)c1cccc(C2(C3CC3)CC2)c1. The van der Waals surface area contributed by atoms with Gasteiger partial charge in [-0.25, -0.2) is 0 Å². The molecule has 0 saturated heterocycles. The summed E-state index contributed by atoms with van der Waals surface area (Å²) in [5.41, 5.74) is 2.30. The highest BCUT2D eigenvalue weighted by atomic mass is 28.3. The van der Waals surface area contributed by atoms with Gasteiger partial charge in [0.1, 0.15) is 0 Å². The smallest absolute Gasteiger partial charge is 0.0656 e. The van der Waals surface area contributed by atoms with Gasteiger partial charge >= 0.3 is 0 Å². The molecule has 2 aliphatic carbocycles. The van der Waals surface area contributed by atoms with Crippen molar-refractivity contribution < 1.29 is 0 Å². The molecule has 3 rings (SSSR count). The molecule has 2 aliphatic rings. The molecule has 86 valence electrons. The van der Waals surface area contributed by atoms with Crippen LogP contribution in [0.5, 0.6) is 0 Å². The Balaban J connectivity index is 1.96. The van der Waals surface area contributed by atoms with Crippen LogP contribution in [0.4, 0.5) is 0 Å². The van der Waals surface area contributed by atoms with Gasteiger partial charge in [0, 0.05) is 0 Å². The van der Waals surface area contributed by atoms with Crippen LogP contribution in [0.25, 0.3) is 0 Å². The van der Waals surface area contributed by atoms with E-state index >= 15 is 0 Å². The van der Waals surface area contributed by atoms with Crippen LogP contribution < -0.4 is 5.19 Å². The quantitative estimate of drug-likeness (QED) is 0.695. The van der Waals surface area contributed by atoms with Crippen molar-refractivity contribution in [3.8, 4) is 0 Å². The molecule has 1 aromatic rings. The molecule has 0 radical (unpaired) electrons. The first kappa shape index (κ1) is 10.6. The Labute approximate surface area is 100 Å². The summed E-state index contributed by atoms with van der Waals surface area (Å²) in [6.07, 6.45) is 5.87. The topological polar surface area (TPSA) is 0 Å². The molecule has 1 aromatic carbocycles. The minimum atomic E-state index is -1.13. The Bertz CT molecular complexity index is 406. The summed E-state index contributed by atoms with van der Waals surface area (Å²) in [6, 6.07) is 9.57. The Morgan fingerprint density at radius 1 is 1.12 bits per heavy atom. The van der Waals surface area contributed by atoms with Crippen molar-refractivity contribution >= 4 is 13.3 Å². The van der Waals surface area contributed by atoms with Gasteiger partial charge in [-0.3, -0.25) is 0 Å².